The summed E-state index contributed by atoms with van der Waals surface area (Å²) in [7, 11) is 0. The molecule has 1 amide bonds. The number of rotatable bonds is 2. The molecule has 0 saturated carbocycles. The van der Waals surface area contributed by atoms with Crippen LogP contribution in [0.2, 0.25) is 0 Å². The molecule has 0 aliphatic carbocycles. The number of hydrogen-bond donors (Lipinski definition) is 0. The summed E-state index contributed by atoms with van der Waals surface area (Å²) in [4.78, 5) is 23.5. The molecule has 0 spiro atoms. The van der Waals surface area contributed by atoms with Gasteiger partial charge in [-0.05, 0) is 12.8 Å². The van der Waals surface area contributed by atoms with Crippen molar-refractivity contribution in [1.29, 1.82) is 0 Å². The zero-order valence-electron chi connectivity index (χ0n) is 8.50. The van der Waals surface area contributed by atoms with E-state index in [1.54, 1.807) is 0 Å². The van der Waals surface area contributed by atoms with E-state index in [1.807, 2.05) is 0 Å². The Hall–Kier alpha value is -0.190. The summed E-state index contributed by atoms with van der Waals surface area (Å²) in [5, 5.41) is 0. The van der Waals surface area contributed by atoms with Crippen LogP contribution in [0.25, 0.3) is 0 Å². The zero-order chi connectivity index (χ0) is 12.2. The molecule has 0 radical (unpaired) electrons. The van der Waals surface area contributed by atoms with Gasteiger partial charge in [-0.15, -0.1) is 0 Å². The molecule has 0 aromatic heterocycles. The SMILES string of the molecule is O=CC1CCN(C(=O)OCC(Cl)(Cl)Cl)CC1. The van der Waals surface area contributed by atoms with Gasteiger partial charge in [0.1, 0.15) is 12.9 Å². The highest BCUT2D eigenvalue weighted by molar-refractivity contribution is 6.67. The van der Waals surface area contributed by atoms with Gasteiger partial charge in [-0.2, -0.15) is 0 Å². The van der Waals surface area contributed by atoms with Crippen molar-refractivity contribution in [2.45, 2.75) is 16.6 Å². The van der Waals surface area contributed by atoms with Crippen molar-refractivity contribution >= 4 is 47.2 Å². The fourth-order valence-corrected chi connectivity index (χ4v) is 1.62. The Balaban J connectivity index is 2.31. The summed E-state index contributed by atoms with van der Waals surface area (Å²) in [5.41, 5.74) is 0. The van der Waals surface area contributed by atoms with Crippen molar-refractivity contribution in [3.05, 3.63) is 0 Å². The normalized spacial score (nSPS) is 18.3. The first kappa shape index (κ1) is 13.9. The van der Waals surface area contributed by atoms with Crippen molar-refractivity contribution in [3.63, 3.8) is 0 Å². The highest BCUT2D eigenvalue weighted by atomic mass is 35.6. The number of likely N-dealkylation sites (tertiary alicyclic amines) is 1. The number of nitrogens with zero attached hydrogens (tertiary/aromatic N) is 1. The number of carbonyl (C=O) groups is 2. The number of aldehydes is 1. The van der Waals surface area contributed by atoms with Crippen molar-refractivity contribution < 1.29 is 14.3 Å². The monoisotopic (exact) mass is 287 g/mol. The maximum atomic E-state index is 11.5. The third-order valence-electron chi connectivity index (χ3n) is 2.35. The van der Waals surface area contributed by atoms with E-state index in [4.69, 9.17) is 39.5 Å². The van der Waals surface area contributed by atoms with Gasteiger partial charge >= 0.3 is 6.09 Å². The largest absolute Gasteiger partial charge is 0.445 e. The van der Waals surface area contributed by atoms with Gasteiger partial charge < -0.3 is 14.4 Å². The second kappa shape index (κ2) is 5.94. The van der Waals surface area contributed by atoms with E-state index in [2.05, 4.69) is 0 Å². The van der Waals surface area contributed by atoms with Crippen LogP contribution >= 0.6 is 34.8 Å². The first-order valence-electron chi connectivity index (χ1n) is 4.86. The third-order valence-corrected chi connectivity index (χ3v) is 2.68. The van der Waals surface area contributed by atoms with E-state index >= 15 is 0 Å². The molecule has 16 heavy (non-hydrogen) atoms. The predicted molar refractivity (Wildman–Crippen MR) is 62.0 cm³/mol. The van der Waals surface area contributed by atoms with E-state index < -0.39 is 9.89 Å². The second-order valence-corrected chi connectivity index (χ2v) is 6.15. The average Bonchev–Trinajstić information content (AvgIpc) is 2.25. The molecule has 0 aromatic rings. The lowest BCUT2D eigenvalue weighted by molar-refractivity contribution is -0.112. The Labute approximate surface area is 109 Å². The standard InChI is InChI=1S/C9H12Cl3NO3/c10-9(11,12)6-16-8(15)13-3-1-7(5-14)2-4-13/h5,7H,1-4,6H2. The molecule has 1 saturated heterocycles. The molecule has 0 aromatic carbocycles. The molecule has 1 aliphatic rings. The number of alkyl halides is 3. The highest BCUT2D eigenvalue weighted by Gasteiger charge is 2.27. The molecule has 0 bridgehead atoms. The highest BCUT2D eigenvalue weighted by Crippen LogP contribution is 2.26. The lowest BCUT2D eigenvalue weighted by atomic mass is 9.99. The van der Waals surface area contributed by atoms with Crippen LogP contribution in [0, 0.1) is 5.92 Å². The maximum absolute atomic E-state index is 11.5. The van der Waals surface area contributed by atoms with Crippen molar-refractivity contribution in [1.82, 2.24) is 4.90 Å². The molecule has 1 heterocycles. The Bertz CT molecular complexity index is 259. The summed E-state index contributed by atoms with van der Waals surface area (Å²) >= 11 is 16.4. The van der Waals surface area contributed by atoms with Crippen LogP contribution < -0.4 is 0 Å². The van der Waals surface area contributed by atoms with Gasteiger partial charge in [-0.3, -0.25) is 0 Å². The summed E-state index contributed by atoms with van der Waals surface area (Å²) in [6.07, 6.45) is 1.73. The minimum Gasteiger partial charge on any atom is -0.445 e. The molecular weight excluding hydrogens is 276 g/mol. The van der Waals surface area contributed by atoms with Gasteiger partial charge in [0.05, 0.1) is 0 Å². The first-order chi connectivity index (χ1) is 7.42. The number of hydrogen-bond acceptors (Lipinski definition) is 3. The number of halogens is 3. The van der Waals surface area contributed by atoms with Crippen LogP contribution in [-0.2, 0) is 9.53 Å². The van der Waals surface area contributed by atoms with Crippen LogP contribution in [0.5, 0.6) is 0 Å². The molecular formula is C9H12Cl3NO3. The fraction of sp³-hybridized carbons (Fsp3) is 0.778. The van der Waals surface area contributed by atoms with Gasteiger partial charge in [0.15, 0.2) is 0 Å². The lowest BCUT2D eigenvalue weighted by Gasteiger charge is -2.29. The Morgan fingerprint density at radius 3 is 2.38 bits per heavy atom. The molecule has 7 heteroatoms. The minimum atomic E-state index is -1.59. The molecule has 0 unspecified atom stereocenters. The first-order valence-corrected chi connectivity index (χ1v) is 5.99. The van der Waals surface area contributed by atoms with Gasteiger partial charge in [0, 0.05) is 19.0 Å². The van der Waals surface area contributed by atoms with Crippen LogP contribution in [0.4, 0.5) is 4.79 Å². The fourth-order valence-electron chi connectivity index (χ4n) is 1.45. The number of ether oxygens (including phenoxy) is 1. The number of piperidine rings is 1. The van der Waals surface area contributed by atoms with Crippen LogP contribution in [0.15, 0.2) is 0 Å². The molecule has 0 atom stereocenters. The molecule has 4 nitrogen and oxygen atoms in total. The van der Waals surface area contributed by atoms with Gasteiger partial charge in [-0.25, -0.2) is 4.79 Å². The summed E-state index contributed by atoms with van der Waals surface area (Å²) in [6.45, 7) is 0.730. The maximum Gasteiger partial charge on any atom is 0.409 e. The quantitative estimate of drug-likeness (QED) is 0.579. The van der Waals surface area contributed by atoms with E-state index in [0.717, 1.165) is 6.29 Å². The molecule has 1 fully saturated rings. The smallest absolute Gasteiger partial charge is 0.409 e. The molecule has 0 N–H and O–H groups in total. The predicted octanol–water partition coefficient (Wildman–Crippen LogP) is 2.40. The van der Waals surface area contributed by atoms with E-state index in [1.165, 1.54) is 4.90 Å². The van der Waals surface area contributed by atoms with E-state index in [0.29, 0.717) is 25.9 Å². The van der Waals surface area contributed by atoms with E-state index in [-0.39, 0.29) is 12.5 Å². The third kappa shape index (κ3) is 4.76. The topological polar surface area (TPSA) is 46.6 Å². The van der Waals surface area contributed by atoms with Gasteiger partial charge in [-0.1, -0.05) is 34.8 Å². The second-order valence-electron chi connectivity index (χ2n) is 3.63. The number of carbonyl (C=O) groups excluding carboxylic acids is 2. The van der Waals surface area contributed by atoms with Gasteiger partial charge in [0.2, 0.25) is 3.79 Å². The Morgan fingerprint density at radius 1 is 1.38 bits per heavy atom. The Kier molecular flexibility index (Phi) is 5.15. The number of amides is 1. The summed E-state index contributed by atoms with van der Waals surface area (Å²) in [6, 6.07) is 0. The van der Waals surface area contributed by atoms with Crippen LogP contribution in [0.1, 0.15) is 12.8 Å². The van der Waals surface area contributed by atoms with E-state index in [9.17, 15) is 9.59 Å². The summed E-state index contributed by atoms with van der Waals surface area (Å²) < 4.78 is 3.23. The molecule has 92 valence electrons. The summed E-state index contributed by atoms with van der Waals surface area (Å²) in [5.74, 6) is 0.0391. The van der Waals surface area contributed by atoms with Gasteiger partial charge in [0.25, 0.3) is 0 Å². The van der Waals surface area contributed by atoms with Crippen molar-refractivity contribution in [2.24, 2.45) is 5.92 Å². The Morgan fingerprint density at radius 2 is 1.94 bits per heavy atom. The van der Waals surface area contributed by atoms with Crippen molar-refractivity contribution in [3.8, 4) is 0 Å². The van der Waals surface area contributed by atoms with Crippen molar-refractivity contribution in [2.75, 3.05) is 19.7 Å². The van der Waals surface area contributed by atoms with Crippen LogP contribution in [0.3, 0.4) is 0 Å². The molecule has 1 rings (SSSR count). The molecule has 1 aliphatic heterocycles. The van der Waals surface area contributed by atoms with Crippen LogP contribution in [-0.4, -0.2) is 40.8 Å². The average molecular weight is 289 g/mol. The minimum absolute atomic E-state index is 0.0391. The lowest BCUT2D eigenvalue weighted by Crippen LogP contribution is -2.40. The zero-order valence-corrected chi connectivity index (χ0v) is 10.8.